The summed E-state index contributed by atoms with van der Waals surface area (Å²) in [5.41, 5.74) is 6.37. The standard InChI is InChI=1S/C20H18N4O/c1-23-12-14(15-7-3-5-9-18(15)23)11-21-22-20(25)17-13-24(2)19-10-6-4-8-16(17)19/h3-13H,1-2H3,(H,22,25)/b21-11-. The van der Waals surface area contributed by atoms with E-state index in [4.69, 9.17) is 0 Å². The minimum atomic E-state index is -0.215. The van der Waals surface area contributed by atoms with E-state index in [2.05, 4.69) is 16.6 Å². The molecular weight excluding hydrogens is 312 g/mol. The third kappa shape index (κ3) is 2.59. The lowest BCUT2D eigenvalue weighted by Gasteiger charge is -1.97. The summed E-state index contributed by atoms with van der Waals surface area (Å²) in [7, 11) is 3.92. The molecule has 2 aromatic heterocycles. The summed E-state index contributed by atoms with van der Waals surface area (Å²) in [6, 6.07) is 15.9. The van der Waals surface area contributed by atoms with Gasteiger partial charge in [0.2, 0.25) is 0 Å². The van der Waals surface area contributed by atoms with Gasteiger partial charge >= 0.3 is 0 Å². The van der Waals surface area contributed by atoms with E-state index in [1.54, 1.807) is 6.21 Å². The van der Waals surface area contributed by atoms with Gasteiger partial charge in [-0.1, -0.05) is 36.4 Å². The average molecular weight is 330 g/mol. The maximum Gasteiger partial charge on any atom is 0.273 e. The summed E-state index contributed by atoms with van der Waals surface area (Å²) >= 11 is 0. The number of amides is 1. The molecule has 2 heterocycles. The number of aryl methyl sites for hydroxylation is 2. The van der Waals surface area contributed by atoms with Crippen LogP contribution in [-0.2, 0) is 14.1 Å². The van der Waals surface area contributed by atoms with Crippen molar-refractivity contribution in [1.82, 2.24) is 14.6 Å². The lowest BCUT2D eigenvalue weighted by molar-refractivity contribution is 0.0956. The Bertz CT molecular complexity index is 1120. The molecule has 0 atom stereocenters. The van der Waals surface area contributed by atoms with E-state index in [1.165, 1.54) is 0 Å². The van der Waals surface area contributed by atoms with Gasteiger partial charge < -0.3 is 9.13 Å². The highest BCUT2D eigenvalue weighted by Gasteiger charge is 2.12. The van der Waals surface area contributed by atoms with Crippen molar-refractivity contribution in [2.24, 2.45) is 19.2 Å². The molecular formula is C20H18N4O. The largest absolute Gasteiger partial charge is 0.350 e. The van der Waals surface area contributed by atoms with Crippen LogP contribution in [0.1, 0.15) is 15.9 Å². The molecule has 0 unspecified atom stereocenters. The molecule has 0 saturated carbocycles. The van der Waals surface area contributed by atoms with E-state index < -0.39 is 0 Å². The number of rotatable bonds is 3. The van der Waals surface area contributed by atoms with Gasteiger partial charge in [-0.25, -0.2) is 5.43 Å². The molecule has 4 aromatic rings. The summed E-state index contributed by atoms with van der Waals surface area (Å²) < 4.78 is 3.99. The lowest BCUT2D eigenvalue weighted by Crippen LogP contribution is -2.17. The van der Waals surface area contributed by atoms with Gasteiger partial charge in [-0.2, -0.15) is 5.10 Å². The number of para-hydroxylation sites is 2. The van der Waals surface area contributed by atoms with E-state index >= 15 is 0 Å². The molecule has 25 heavy (non-hydrogen) atoms. The second-order valence-corrected chi connectivity index (χ2v) is 6.08. The third-order valence-electron chi connectivity index (χ3n) is 4.44. The fourth-order valence-electron chi connectivity index (χ4n) is 3.22. The van der Waals surface area contributed by atoms with E-state index in [1.807, 2.05) is 78.1 Å². The zero-order chi connectivity index (χ0) is 17.4. The molecule has 2 aromatic carbocycles. The van der Waals surface area contributed by atoms with Crippen molar-refractivity contribution in [2.45, 2.75) is 0 Å². The number of aromatic nitrogens is 2. The SMILES string of the molecule is Cn1cc(/C=N\NC(=O)c2cn(C)c3ccccc23)c2ccccc21. The molecule has 5 nitrogen and oxygen atoms in total. The average Bonchev–Trinajstić information content (AvgIpc) is 3.14. The fourth-order valence-corrected chi connectivity index (χ4v) is 3.22. The van der Waals surface area contributed by atoms with Crippen molar-refractivity contribution < 1.29 is 4.79 Å². The van der Waals surface area contributed by atoms with Crippen LogP contribution in [0.15, 0.2) is 66.0 Å². The molecule has 0 fully saturated rings. The number of hydrogen-bond acceptors (Lipinski definition) is 2. The predicted molar refractivity (Wildman–Crippen MR) is 101 cm³/mol. The highest BCUT2D eigenvalue weighted by molar-refractivity contribution is 6.07. The van der Waals surface area contributed by atoms with Gasteiger partial charge in [-0.3, -0.25) is 4.79 Å². The van der Waals surface area contributed by atoms with Crippen LogP contribution < -0.4 is 5.43 Å². The summed E-state index contributed by atoms with van der Waals surface area (Å²) in [6.45, 7) is 0. The number of carbonyl (C=O) groups is 1. The number of hydrazone groups is 1. The quantitative estimate of drug-likeness (QED) is 0.454. The number of nitrogens with zero attached hydrogens (tertiary/aromatic N) is 3. The van der Waals surface area contributed by atoms with Crippen LogP contribution in [-0.4, -0.2) is 21.3 Å². The highest BCUT2D eigenvalue weighted by Crippen LogP contribution is 2.20. The minimum absolute atomic E-state index is 0.215. The zero-order valence-corrected chi connectivity index (χ0v) is 14.1. The molecule has 0 aliphatic carbocycles. The second-order valence-electron chi connectivity index (χ2n) is 6.08. The number of fused-ring (bicyclic) bond motifs is 2. The second kappa shape index (κ2) is 5.94. The normalized spacial score (nSPS) is 11.6. The zero-order valence-electron chi connectivity index (χ0n) is 14.1. The van der Waals surface area contributed by atoms with Gasteiger partial charge in [-0.05, 0) is 12.1 Å². The van der Waals surface area contributed by atoms with Crippen LogP contribution in [0.3, 0.4) is 0 Å². The molecule has 0 radical (unpaired) electrons. The molecule has 0 saturated heterocycles. The third-order valence-corrected chi connectivity index (χ3v) is 4.44. The molecule has 0 aliphatic heterocycles. The van der Waals surface area contributed by atoms with Crippen LogP contribution in [0.25, 0.3) is 21.8 Å². The van der Waals surface area contributed by atoms with Crippen LogP contribution in [0.4, 0.5) is 0 Å². The number of carbonyl (C=O) groups excluding carboxylic acids is 1. The first-order valence-corrected chi connectivity index (χ1v) is 8.06. The molecule has 0 spiro atoms. The maximum absolute atomic E-state index is 12.5. The summed E-state index contributed by atoms with van der Waals surface area (Å²) in [5.74, 6) is -0.215. The van der Waals surface area contributed by atoms with Crippen molar-refractivity contribution >= 4 is 33.9 Å². The minimum Gasteiger partial charge on any atom is -0.350 e. The van der Waals surface area contributed by atoms with Gasteiger partial charge in [0.05, 0.1) is 11.8 Å². The predicted octanol–water partition coefficient (Wildman–Crippen LogP) is 3.43. The summed E-state index contributed by atoms with van der Waals surface area (Å²) in [6.07, 6.45) is 5.51. The van der Waals surface area contributed by atoms with E-state index in [0.29, 0.717) is 5.56 Å². The Labute approximate surface area is 145 Å². The Morgan fingerprint density at radius 3 is 2.28 bits per heavy atom. The Kier molecular flexibility index (Phi) is 3.61. The molecule has 5 heteroatoms. The molecule has 0 aliphatic rings. The Hall–Kier alpha value is -3.34. The number of benzene rings is 2. The van der Waals surface area contributed by atoms with Gasteiger partial charge in [0, 0.05) is 53.9 Å². The summed E-state index contributed by atoms with van der Waals surface area (Å²) in [4.78, 5) is 12.5. The maximum atomic E-state index is 12.5. The molecule has 1 N–H and O–H groups in total. The van der Waals surface area contributed by atoms with Crippen molar-refractivity contribution in [3.8, 4) is 0 Å². The van der Waals surface area contributed by atoms with Crippen LogP contribution in [0.2, 0.25) is 0 Å². The van der Waals surface area contributed by atoms with Gasteiger partial charge in [0.15, 0.2) is 0 Å². The Balaban J connectivity index is 1.60. The van der Waals surface area contributed by atoms with Crippen LogP contribution in [0.5, 0.6) is 0 Å². The molecule has 124 valence electrons. The van der Waals surface area contributed by atoms with E-state index in [-0.39, 0.29) is 5.91 Å². The van der Waals surface area contributed by atoms with Crippen molar-refractivity contribution in [3.05, 3.63) is 72.1 Å². The molecule has 1 amide bonds. The monoisotopic (exact) mass is 330 g/mol. The van der Waals surface area contributed by atoms with Crippen LogP contribution >= 0.6 is 0 Å². The number of nitrogens with one attached hydrogen (secondary N) is 1. The first-order valence-electron chi connectivity index (χ1n) is 8.06. The summed E-state index contributed by atoms with van der Waals surface area (Å²) in [5, 5.41) is 6.17. The van der Waals surface area contributed by atoms with E-state index in [9.17, 15) is 4.79 Å². The first-order chi connectivity index (χ1) is 12.1. The van der Waals surface area contributed by atoms with Gasteiger partial charge in [0.1, 0.15) is 0 Å². The van der Waals surface area contributed by atoms with Gasteiger partial charge in [0.25, 0.3) is 5.91 Å². The van der Waals surface area contributed by atoms with Crippen molar-refractivity contribution in [1.29, 1.82) is 0 Å². The van der Waals surface area contributed by atoms with Crippen molar-refractivity contribution in [2.75, 3.05) is 0 Å². The van der Waals surface area contributed by atoms with Crippen LogP contribution in [0, 0.1) is 0 Å². The van der Waals surface area contributed by atoms with Crippen molar-refractivity contribution in [3.63, 3.8) is 0 Å². The highest BCUT2D eigenvalue weighted by atomic mass is 16.2. The topological polar surface area (TPSA) is 51.3 Å². The van der Waals surface area contributed by atoms with Gasteiger partial charge in [-0.15, -0.1) is 0 Å². The smallest absolute Gasteiger partial charge is 0.273 e. The molecule has 0 bridgehead atoms. The Morgan fingerprint density at radius 1 is 0.920 bits per heavy atom. The van der Waals surface area contributed by atoms with E-state index in [0.717, 1.165) is 27.4 Å². The Morgan fingerprint density at radius 2 is 1.52 bits per heavy atom. The fraction of sp³-hybridized carbons (Fsp3) is 0.100. The number of hydrogen-bond donors (Lipinski definition) is 1. The lowest BCUT2D eigenvalue weighted by atomic mass is 10.2. The molecule has 4 rings (SSSR count). The first kappa shape index (κ1) is 15.2.